The summed E-state index contributed by atoms with van der Waals surface area (Å²) in [5.74, 6) is 1.01. The molecule has 2 heterocycles. The first-order chi connectivity index (χ1) is 12.6. The van der Waals surface area contributed by atoms with Gasteiger partial charge in [0.05, 0.1) is 6.10 Å². The lowest BCUT2D eigenvalue weighted by molar-refractivity contribution is -0.00606. The van der Waals surface area contributed by atoms with Crippen molar-refractivity contribution >= 4 is 5.96 Å². The van der Waals surface area contributed by atoms with Crippen LogP contribution < -0.4 is 5.32 Å². The van der Waals surface area contributed by atoms with Crippen LogP contribution in [-0.4, -0.2) is 102 Å². The smallest absolute Gasteiger partial charge is 0.193 e. The highest BCUT2D eigenvalue weighted by Crippen LogP contribution is 2.25. The van der Waals surface area contributed by atoms with Gasteiger partial charge in [-0.2, -0.15) is 0 Å². The molecule has 2 aliphatic heterocycles. The molecule has 2 aliphatic rings. The Balaban J connectivity index is 1.77. The van der Waals surface area contributed by atoms with Crippen LogP contribution in [0.25, 0.3) is 0 Å². The molecule has 0 aromatic rings. The number of hydrogen-bond acceptors (Lipinski definition) is 5. The van der Waals surface area contributed by atoms with Crippen LogP contribution in [0.15, 0.2) is 4.99 Å². The van der Waals surface area contributed by atoms with Crippen LogP contribution in [0.3, 0.4) is 0 Å². The molecule has 7 nitrogen and oxygen atoms in total. The van der Waals surface area contributed by atoms with Crippen molar-refractivity contribution in [2.24, 2.45) is 4.99 Å². The molecule has 0 atom stereocenters. The molecule has 0 radical (unpaired) electrons. The molecule has 2 saturated heterocycles. The van der Waals surface area contributed by atoms with Crippen LogP contribution in [-0.2, 0) is 14.2 Å². The summed E-state index contributed by atoms with van der Waals surface area (Å²) in [6.45, 7) is 6.13. The largest absolute Gasteiger partial charge is 0.385 e. The number of hydrogen-bond donors (Lipinski definition) is 1. The molecule has 0 aromatic heterocycles. The molecule has 0 aliphatic carbocycles. The summed E-state index contributed by atoms with van der Waals surface area (Å²) >= 11 is 0. The molecule has 26 heavy (non-hydrogen) atoms. The van der Waals surface area contributed by atoms with Crippen molar-refractivity contribution < 1.29 is 14.2 Å². The van der Waals surface area contributed by atoms with Gasteiger partial charge in [-0.15, -0.1) is 0 Å². The number of guanidine groups is 1. The lowest BCUT2D eigenvalue weighted by atomic mass is 9.88. The van der Waals surface area contributed by atoms with Gasteiger partial charge in [0.2, 0.25) is 0 Å². The molecule has 2 fully saturated rings. The Morgan fingerprint density at radius 3 is 2.50 bits per heavy atom. The Labute approximate surface area is 159 Å². The number of nitrogens with zero attached hydrogens (tertiary/aromatic N) is 3. The summed E-state index contributed by atoms with van der Waals surface area (Å²) in [4.78, 5) is 9.22. The molecule has 0 spiro atoms. The van der Waals surface area contributed by atoms with Gasteiger partial charge < -0.3 is 29.3 Å². The molecule has 152 valence electrons. The van der Waals surface area contributed by atoms with E-state index >= 15 is 0 Å². The quantitative estimate of drug-likeness (QED) is 0.393. The van der Waals surface area contributed by atoms with Crippen LogP contribution in [0, 0.1) is 0 Å². The zero-order valence-electron chi connectivity index (χ0n) is 17.1. The first-order valence-corrected chi connectivity index (χ1v) is 9.92. The third kappa shape index (κ3) is 6.08. The minimum absolute atomic E-state index is 0.150. The van der Waals surface area contributed by atoms with Gasteiger partial charge in [-0.1, -0.05) is 0 Å². The third-order valence-electron chi connectivity index (χ3n) is 5.75. The second-order valence-electron chi connectivity index (χ2n) is 7.54. The summed E-state index contributed by atoms with van der Waals surface area (Å²) in [6, 6.07) is 0. The molecule has 0 bridgehead atoms. The fraction of sp³-hybridized carbons (Fsp3) is 0.947. The van der Waals surface area contributed by atoms with E-state index in [-0.39, 0.29) is 5.54 Å². The predicted molar refractivity (Wildman–Crippen MR) is 105 cm³/mol. The second-order valence-corrected chi connectivity index (χ2v) is 7.54. The van der Waals surface area contributed by atoms with E-state index in [0.29, 0.717) is 6.10 Å². The molecule has 0 saturated carbocycles. The number of aliphatic imine (C=N–C) groups is 1. The summed E-state index contributed by atoms with van der Waals surface area (Å²) in [6.07, 6.45) is 5.56. The van der Waals surface area contributed by atoms with Crippen LogP contribution in [0.4, 0.5) is 0 Å². The summed E-state index contributed by atoms with van der Waals surface area (Å²) in [5.41, 5.74) is 0.150. The maximum absolute atomic E-state index is 5.96. The van der Waals surface area contributed by atoms with Gasteiger partial charge in [-0.25, -0.2) is 0 Å². The highest BCUT2D eigenvalue weighted by molar-refractivity contribution is 5.80. The van der Waals surface area contributed by atoms with Gasteiger partial charge >= 0.3 is 0 Å². The fourth-order valence-corrected chi connectivity index (χ4v) is 3.80. The third-order valence-corrected chi connectivity index (χ3v) is 5.75. The van der Waals surface area contributed by atoms with Crippen LogP contribution in [0.5, 0.6) is 0 Å². The maximum Gasteiger partial charge on any atom is 0.193 e. The van der Waals surface area contributed by atoms with Gasteiger partial charge in [-0.05, 0) is 46.2 Å². The van der Waals surface area contributed by atoms with Crippen molar-refractivity contribution in [3.05, 3.63) is 0 Å². The van der Waals surface area contributed by atoms with Crippen molar-refractivity contribution in [2.75, 3.05) is 74.3 Å². The predicted octanol–water partition coefficient (Wildman–Crippen LogP) is 1.19. The Hall–Kier alpha value is -0.890. The molecule has 0 amide bonds. The molecular weight excluding hydrogens is 332 g/mol. The van der Waals surface area contributed by atoms with E-state index in [9.17, 15) is 0 Å². The minimum Gasteiger partial charge on any atom is -0.385 e. The van der Waals surface area contributed by atoms with E-state index in [1.807, 2.05) is 7.05 Å². The molecule has 1 N–H and O–H groups in total. The average Bonchev–Trinajstić information content (AvgIpc) is 2.67. The van der Waals surface area contributed by atoms with Gasteiger partial charge in [0.1, 0.15) is 0 Å². The van der Waals surface area contributed by atoms with Crippen molar-refractivity contribution in [3.63, 3.8) is 0 Å². The van der Waals surface area contributed by atoms with Gasteiger partial charge in [0.15, 0.2) is 5.96 Å². The highest BCUT2D eigenvalue weighted by Gasteiger charge is 2.35. The van der Waals surface area contributed by atoms with Gasteiger partial charge in [0.25, 0.3) is 0 Å². The van der Waals surface area contributed by atoms with Gasteiger partial charge in [0, 0.05) is 65.8 Å². The molecule has 0 aromatic carbocycles. The standard InChI is InChI=1S/C19H38N4O3/c1-20-18(21-16-19(22(2)3)8-14-25-15-9-19)23-10-6-17(7-11-23)26-13-5-12-24-4/h17H,5-16H2,1-4H3,(H,20,21). The van der Waals surface area contributed by atoms with Crippen molar-refractivity contribution in [1.82, 2.24) is 15.1 Å². The summed E-state index contributed by atoms with van der Waals surface area (Å²) in [5, 5.41) is 3.63. The van der Waals surface area contributed by atoms with Crippen LogP contribution in [0.1, 0.15) is 32.1 Å². The highest BCUT2D eigenvalue weighted by atomic mass is 16.5. The van der Waals surface area contributed by atoms with E-state index in [1.165, 1.54) is 0 Å². The Morgan fingerprint density at radius 2 is 1.92 bits per heavy atom. The van der Waals surface area contributed by atoms with E-state index in [1.54, 1.807) is 7.11 Å². The number of rotatable bonds is 8. The number of methoxy groups -OCH3 is 1. The second kappa shape index (κ2) is 11.1. The summed E-state index contributed by atoms with van der Waals surface area (Å²) in [7, 11) is 7.95. The fourth-order valence-electron chi connectivity index (χ4n) is 3.80. The van der Waals surface area contributed by atoms with E-state index in [4.69, 9.17) is 14.2 Å². The number of likely N-dealkylation sites (tertiary alicyclic amines) is 1. The SMILES string of the molecule is CN=C(NCC1(N(C)C)CCOCC1)N1CCC(OCCCOC)CC1. The Morgan fingerprint density at radius 1 is 1.23 bits per heavy atom. The number of nitrogens with one attached hydrogen (secondary N) is 1. The Bertz CT molecular complexity index is 417. The first-order valence-electron chi connectivity index (χ1n) is 9.92. The van der Waals surface area contributed by atoms with Crippen molar-refractivity contribution in [3.8, 4) is 0 Å². The molecule has 0 unspecified atom stereocenters. The lowest BCUT2D eigenvalue weighted by Crippen LogP contribution is -2.58. The monoisotopic (exact) mass is 370 g/mol. The lowest BCUT2D eigenvalue weighted by Gasteiger charge is -2.44. The average molecular weight is 371 g/mol. The number of likely N-dealkylation sites (N-methyl/N-ethyl adjacent to an activating group) is 1. The maximum atomic E-state index is 5.96. The van der Waals surface area contributed by atoms with E-state index in [2.05, 4.69) is 34.2 Å². The Kier molecular flexibility index (Phi) is 9.11. The van der Waals surface area contributed by atoms with Crippen LogP contribution >= 0.6 is 0 Å². The number of piperidine rings is 1. The van der Waals surface area contributed by atoms with E-state index in [0.717, 1.165) is 84.1 Å². The van der Waals surface area contributed by atoms with E-state index < -0.39 is 0 Å². The van der Waals surface area contributed by atoms with Crippen molar-refractivity contribution in [1.29, 1.82) is 0 Å². The zero-order valence-corrected chi connectivity index (χ0v) is 17.1. The molecule has 2 rings (SSSR count). The number of ether oxygens (including phenoxy) is 3. The van der Waals surface area contributed by atoms with Crippen LogP contribution in [0.2, 0.25) is 0 Å². The minimum atomic E-state index is 0.150. The zero-order chi connectivity index (χ0) is 18.8. The van der Waals surface area contributed by atoms with Crippen molar-refractivity contribution in [2.45, 2.75) is 43.7 Å². The molecule has 7 heteroatoms. The normalized spacial score (nSPS) is 22.0. The topological polar surface area (TPSA) is 58.6 Å². The molecular formula is C19H38N4O3. The van der Waals surface area contributed by atoms with Gasteiger partial charge in [-0.3, -0.25) is 4.99 Å². The summed E-state index contributed by atoms with van der Waals surface area (Å²) < 4.78 is 16.6. The first kappa shape index (κ1) is 21.4.